The van der Waals surface area contributed by atoms with Crippen LogP contribution in [0.25, 0.3) is 0 Å². The Hall–Kier alpha value is -2.62. The van der Waals surface area contributed by atoms with Crippen LogP contribution in [0.2, 0.25) is 0 Å². The predicted octanol–water partition coefficient (Wildman–Crippen LogP) is 3.70. The van der Waals surface area contributed by atoms with Crippen molar-refractivity contribution in [1.29, 1.82) is 0 Å². The molecule has 0 saturated heterocycles. The zero-order valence-corrected chi connectivity index (χ0v) is 9.89. The Morgan fingerprint density at radius 2 is 1.11 bits per heavy atom. The van der Waals surface area contributed by atoms with Crippen LogP contribution in [0.3, 0.4) is 0 Å². The van der Waals surface area contributed by atoms with E-state index in [2.05, 4.69) is 15.9 Å². The van der Waals surface area contributed by atoms with Gasteiger partial charge in [-0.3, -0.25) is 0 Å². The van der Waals surface area contributed by atoms with Gasteiger partial charge in [-0.25, -0.2) is 0 Å². The summed E-state index contributed by atoms with van der Waals surface area (Å²) >= 11 is 0. The van der Waals surface area contributed by atoms with Crippen molar-refractivity contribution in [3.8, 4) is 0 Å². The molecule has 1 heterocycles. The van der Waals surface area contributed by atoms with Crippen LogP contribution in [-0.2, 0) is 4.84 Å². The summed E-state index contributed by atoms with van der Waals surface area (Å²) in [6.07, 6.45) is 25.6. The lowest BCUT2D eigenvalue weighted by Gasteiger charge is -1.91. The highest BCUT2D eigenvalue weighted by Gasteiger charge is 1.70. The average Bonchev–Trinajstić information content (AvgIpc) is 2.39. The summed E-state index contributed by atoms with van der Waals surface area (Å²) in [5.41, 5.74) is 2.31. The Bertz CT molecular complexity index is 396. The van der Waals surface area contributed by atoms with Crippen LogP contribution in [0.15, 0.2) is 95.7 Å². The Balaban J connectivity index is 2.58. The van der Waals surface area contributed by atoms with Gasteiger partial charge in [-0.2, -0.15) is 0 Å². The normalized spacial score (nSPS) is 24.9. The van der Waals surface area contributed by atoms with Gasteiger partial charge < -0.3 is 4.84 Å². The SMILES string of the molecule is C1=C/C=C\C=C/N=NNO\C=C/C=C/C=C/C=C1. The monoisotopic (exact) mass is 241 g/mol. The van der Waals surface area contributed by atoms with Crippen LogP contribution in [0, 0.1) is 0 Å². The largest absolute Gasteiger partial charge is 0.372 e. The Morgan fingerprint density at radius 1 is 0.611 bits per heavy atom. The highest BCUT2D eigenvalue weighted by molar-refractivity contribution is 5.20. The molecule has 0 aliphatic carbocycles. The zero-order valence-electron chi connectivity index (χ0n) is 9.89. The van der Waals surface area contributed by atoms with Crippen LogP contribution in [0.5, 0.6) is 0 Å². The van der Waals surface area contributed by atoms with Crippen molar-refractivity contribution in [2.75, 3.05) is 0 Å². The van der Waals surface area contributed by atoms with Crippen molar-refractivity contribution in [3.63, 3.8) is 0 Å². The molecule has 1 N–H and O–H groups in total. The van der Waals surface area contributed by atoms with Gasteiger partial charge in [0.2, 0.25) is 0 Å². The number of allylic oxidation sites excluding steroid dienone is 12. The molecule has 0 amide bonds. The molecule has 4 nitrogen and oxygen atoms in total. The third kappa shape index (κ3) is 8.67. The van der Waals surface area contributed by atoms with E-state index in [1.807, 2.05) is 60.8 Å². The van der Waals surface area contributed by atoms with Gasteiger partial charge in [-0.05, 0) is 17.4 Å². The van der Waals surface area contributed by atoms with Crippen molar-refractivity contribution in [2.45, 2.75) is 0 Å². The second kappa shape index (κ2) is 10.9. The maximum atomic E-state index is 4.84. The molecular weight excluding hydrogens is 226 g/mol. The fourth-order valence-corrected chi connectivity index (χ4v) is 0.925. The highest BCUT2D eigenvalue weighted by atomic mass is 16.7. The summed E-state index contributed by atoms with van der Waals surface area (Å²) in [5.74, 6) is 0. The number of nitrogens with one attached hydrogen (secondary N) is 1. The minimum absolute atomic E-state index is 1.47. The van der Waals surface area contributed by atoms with Gasteiger partial charge in [0, 0.05) is 0 Å². The average molecular weight is 241 g/mol. The maximum absolute atomic E-state index is 4.84. The Morgan fingerprint density at radius 3 is 1.72 bits per heavy atom. The van der Waals surface area contributed by atoms with E-state index in [0.717, 1.165) is 0 Å². The fourth-order valence-electron chi connectivity index (χ4n) is 0.925. The molecule has 0 aromatic rings. The number of hydrogen-bond acceptors (Lipinski definition) is 4. The van der Waals surface area contributed by atoms with Gasteiger partial charge in [-0.1, -0.05) is 60.8 Å². The number of nitrogens with zero attached hydrogens (tertiary/aromatic N) is 2. The van der Waals surface area contributed by atoms with E-state index >= 15 is 0 Å². The van der Waals surface area contributed by atoms with E-state index in [9.17, 15) is 0 Å². The van der Waals surface area contributed by atoms with Crippen LogP contribution in [0.4, 0.5) is 0 Å². The Labute approximate surface area is 107 Å². The molecule has 0 unspecified atom stereocenters. The molecule has 0 aromatic heterocycles. The Kier molecular flexibility index (Phi) is 8.13. The quantitative estimate of drug-likeness (QED) is 0.703. The van der Waals surface area contributed by atoms with Gasteiger partial charge in [0.05, 0.1) is 6.20 Å². The van der Waals surface area contributed by atoms with Gasteiger partial charge in [0.15, 0.2) is 0 Å². The van der Waals surface area contributed by atoms with E-state index in [1.165, 1.54) is 6.26 Å². The molecule has 0 saturated carbocycles. The van der Waals surface area contributed by atoms with E-state index in [4.69, 9.17) is 4.84 Å². The minimum atomic E-state index is 1.47. The van der Waals surface area contributed by atoms with Crippen molar-refractivity contribution >= 4 is 0 Å². The van der Waals surface area contributed by atoms with Crippen LogP contribution < -0.4 is 5.59 Å². The van der Waals surface area contributed by atoms with Crippen molar-refractivity contribution in [2.24, 2.45) is 10.3 Å². The second-order valence-electron chi connectivity index (χ2n) is 3.02. The molecule has 0 aromatic carbocycles. The third-order valence-corrected chi connectivity index (χ3v) is 1.67. The standard InChI is InChI=1S/C14H15N3O/c1-2-4-6-8-10-12-14-18-17-16-15-13-11-9-7-5-3-1/h1-14H,(H,15,17)/b2-1?,5-3?,6-4+,9-7-,10-8+,13-11-,14-12-. The summed E-state index contributed by atoms with van der Waals surface area (Å²) in [5, 5.41) is 7.24. The summed E-state index contributed by atoms with van der Waals surface area (Å²) in [6.45, 7) is 0. The molecule has 1 aliphatic heterocycles. The number of rotatable bonds is 0. The third-order valence-electron chi connectivity index (χ3n) is 1.67. The van der Waals surface area contributed by atoms with E-state index in [1.54, 1.807) is 18.4 Å². The topological polar surface area (TPSA) is 46.0 Å². The van der Waals surface area contributed by atoms with Crippen LogP contribution in [0.1, 0.15) is 0 Å². The van der Waals surface area contributed by atoms with Gasteiger partial charge in [-0.15, -0.1) is 10.7 Å². The summed E-state index contributed by atoms with van der Waals surface area (Å²) in [4.78, 5) is 4.84. The zero-order chi connectivity index (χ0) is 12.7. The van der Waals surface area contributed by atoms with E-state index < -0.39 is 0 Å². The molecule has 0 atom stereocenters. The molecule has 0 radical (unpaired) electrons. The second-order valence-corrected chi connectivity index (χ2v) is 3.02. The smallest absolute Gasteiger partial charge is 0.121 e. The number of hydrogen-bond donors (Lipinski definition) is 1. The molecular formula is C14H15N3O. The lowest BCUT2D eigenvalue weighted by molar-refractivity contribution is 0.131. The summed E-state index contributed by atoms with van der Waals surface area (Å²) in [6, 6.07) is 0. The lowest BCUT2D eigenvalue weighted by Crippen LogP contribution is -1.98. The molecule has 0 fully saturated rings. The molecule has 4 heteroatoms. The first kappa shape index (κ1) is 13.4. The first-order valence-corrected chi connectivity index (χ1v) is 5.45. The van der Waals surface area contributed by atoms with Gasteiger partial charge >= 0.3 is 0 Å². The van der Waals surface area contributed by atoms with Crippen molar-refractivity contribution in [3.05, 3.63) is 85.4 Å². The molecule has 1 aliphatic rings. The fraction of sp³-hybridized carbons (Fsp3) is 0. The summed E-state index contributed by atoms with van der Waals surface area (Å²) < 4.78 is 0. The minimum Gasteiger partial charge on any atom is -0.372 e. The van der Waals surface area contributed by atoms with Crippen molar-refractivity contribution < 1.29 is 4.84 Å². The first-order valence-electron chi connectivity index (χ1n) is 5.45. The predicted molar refractivity (Wildman–Crippen MR) is 73.1 cm³/mol. The van der Waals surface area contributed by atoms with E-state index in [-0.39, 0.29) is 0 Å². The molecule has 18 heavy (non-hydrogen) atoms. The van der Waals surface area contributed by atoms with Crippen LogP contribution in [-0.4, -0.2) is 0 Å². The van der Waals surface area contributed by atoms with Gasteiger partial charge in [0.25, 0.3) is 0 Å². The highest BCUT2D eigenvalue weighted by Crippen LogP contribution is 1.86. The molecule has 1 rings (SSSR count). The van der Waals surface area contributed by atoms with Crippen molar-refractivity contribution in [1.82, 2.24) is 5.59 Å². The summed E-state index contributed by atoms with van der Waals surface area (Å²) in [7, 11) is 0. The maximum Gasteiger partial charge on any atom is 0.121 e. The first-order chi connectivity index (χ1) is 9.00. The van der Waals surface area contributed by atoms with E-state index in [0.29, 0.717) is 0 Å². The van der Waals surface area contributed by atoms with Crippen LogP contribution >= 0.6 is 0 Å². The lowest BCUT2D eigenvalue weighted by atomic mass is 10.3. The molecule has 0 spiro atoms. The molecule has 92 valence electrons. The van der Waals surface area contributed by atoms with Gasteiger partial charge in [0.1, 0.15) is 6.26 Å². The molecule has 0 bridgehead atoms.